The summed E-state index contributed by atoms with van der Waals surface area (Å²) >= 11 is 0. The summed E-state index contributed by atoms with van der Waals surface area (Å²) in [6, 6.07) is 15.4. The second-order valence-corrected chi connectivity index (χ2v) is 5.03. The van der Waals surface area contributed by atoms with Gasteiger partial charge in [-0.3, -0.25) is 9.36 Å². The third kappa shape index (κ3) is 2.35. The smallest absolute Gasteiger partial charge is 0.266 e. The largest absolute Gasteiger partial charge is 0.268 e. The minimum Gasteiger partial charge on any atom is -0.268 e. The van der Waals surface area contributed by atoms with Crippen LogP contribution in [0.4, 0.5) is 0 Å². The van der Waals surface area contributed by atoms with Gasteiger partial charge in [-0.05, 0) is 37.1 Å². The molecule has 21 heavy (non-hydrogen) atoms. The normalized spacial score (nSPS) is 11.0. The lowest BCUT2D eigenvalue weighted by Gasteiger charge is -2.13. The van der Waals surface area contributed by atoms with Crippen molar-refractivity contribution in [2.75, 3.05) is 0 Å². The summed E-state index contributed by atoms with van der Waals surface area (Å²) in [4.78, 5) is 17.6. The molecular formula is C18H17N2O. The molecule has 0 N–H and O–H groups in total. The molecule has 0 fully saturated rings. The predicted octanol–water partition coefficient (Wildman–Crippen LogP) is 3.66. The van der Waals surface area contributed by atoms with Crippen LogP contribution in [0.5, 0.6) is 0 Å². The van der Waals surface area contributed by atoms with E-state index >= 15 is 0 Å². The van der Waals surface area contributed by atoms with Crippen LogP contribution >= 0.6 is 0 Å². The summed E-state index contributed by atoms with van der Waals surface area (Å²) in [6.07, 6.45) is 2.81. The van der Waals surface area contributed by atoms with E-state index in [-0.39, 0.29) is 5.56 Å². The first-order valence-electron chi connectivity index (χ1n) is 7.13. The number of para-hydroxylation sites is 1. The first kappa shape index (κ1) is 13.6. The van der Waals surface area contributed by atoms with Crippen molar-refractivity contribution in [3.63, 3.8) is 0 Å². The Morgan fingerprint density at radius 3 is 2.57 bits per heavy atom. The van der Waals surface area contributed by atoms with Crippen LogP contribution in [0, 0.1) is 13.3 Å². The highest BCUT2D eigenvalue weighted by Crippen LogP contribution is 2.17. The Morgan fingerprint density at radius 1 is 1.10 bits per heavy atom. The Labute approximate surface area is 123 Å². The van der Waals surface area contributed by atoms with Gasteiger partial charge in [0.15, 0.2) is 0 Å². The summed E-state index contributed by atoms with van der Waals surface area (Å²) in [5.41, 5.74) is 2.55. The summed E-state index contributed by atoms with van der Waals surface area (Å²) < 4.78 is 1.69. The quantitative estimate of drug-likeness (QED) is 0.732. The fourth-order valence-corrected chi connectivity index (χ4v) is 2.56. The van der Waals surface area contributed by atoms with Crippen molar-refractivity contribution < 1.29 is 0 Å². The second kappa shape index (κ2) is 5.52. The van der Waals surface area contributed by atoms with Gasteiger partial charge in [-0.1, -0.05) is 37.3 Å². The SMILES string of the molecule is CC[CH]c1nc2cccc(C)c2c(=O)n1-c1ccccc1. The average molecular weight is 277 g/mol. The van der Waals surface area contributed by atoms with E-state index in [0.29, 0.717) is 11.2 Å². The molecular weight excluding hydrogens is 260 g/mol. The zero-order chi connectivity index (χ0) is 14.8. The van der Waals surface area contributed by atoms with Crippen LogP contribution in [-0.4, -0.2) is 9.55 Å². The van der Waals surface area contributed by atoms with E-state index in [0.717, 1.165) is 23.2 Å². The number of benzene rings is 2. The Kier molecular flexibility index (Phi) is 3.57. The lowest BCUT2D eigenvalue weighted by molar-refractivity contribution is 0.877. The standard InChI is InChI=1S/C18H17N2O/c1-3-8-16-19-15-12-7-9-13(2)17(15)18(21)20(16)14-10-5-4-6-11-14/h4-12H,3H2,1-2H3. The molecule has 0 saturated carbocycles. The fourth-order valence-electron chi connectivity index (χ4n) is 2.56. The molecule has 1 aromatic heterocycles. The van der Waals surface area contributed by atoms with Crippen LogP contribution in [0.1, 0.15) is 24.7 Å². The molecule has 3 aromatic rings. The lowest BCUT2D eigenvalue weighted by Crippen LogP contribution is -2.24. The van der Waals surface area contributed by atoms with E-state index in [2.05, 4.69) is 4.98 Å². The van der Waals surface area contributed by atoms with Gasteiger partial charge in [0.1, 0.15) is 5.82 Å². The molecule has 0 saturated heterocycles. The van der Waals surface area contributed by atoms with E-state index in [1.54, 1.807) is 4.57 Å². The van der Waals surface area contributed by atoms with Gasteiger partial charge < -0.3 is 0 Å². The van der Waals surface area contributed by atoms with Gasteiger partial charge in [0.05, 0.1) is 16.6 Å². The van der Waals surface area contributed by atoms with Crippen molar-refractivity contribution in [3.8, 4) is 5.69 Å². The highest BCUT2D eigenvalue weighted by Gasteiger charge is 2.13. The zero-order valence-electron chi connectivity index (χ0n) is 12.2. The van der Waals surface area contributed by atoms with E-state index in [1.807, 2.05) is 68.8 Å². The Hall–Kier alpha value is -2.42. The first-order valence-corrected chi connectivity index (χ1v) is 7.13. The van der Waals surface area contributed by atoms with Gasteiger partial charge in [-0.2, -0.15) is 0 Å². The van der Waals surface area contributed by atoms with Crippen molar-refractivity contribution in [1.82, 2.24) is 9.55 Å². The van der Waals surface area contributed by atoms with E-state index in [4.69, 9.17) is 0 Å². The molecule has 0 aliphatic carbocycles. The third-order valence-corrected chi connectivity index (χ3v) is 3.53. The number of hydrogen-bond acceptors (Lipinski definition) is 2. The first-order chi connectivity index (χ1) is 10.2. The lowest BCUT2D eigenvalue weighted by atomic mass is 10.1. The summed E-state index contributed by atoms with van der Waals surface area (Å²) in [6.45, 7) is 3.99. The van der Waals surface area contributed by atoms with Gasteiger partial charge in [-0.15, -0.1) is 0 Å². The minimum absolute atomic E-state index is 0.0102. The third-order valence-electron chi connectivity index (χ3n) is 3.53. The maximum Gasteiger partial charge on any atom is 0.266 e. The van der Waals surface area contributed by atoms with E-state index < -0.39 is 0 Å². The van der Waals surface area contributed by atoms with Gasteiger partial charge in [0, 0.05) is 6.42 Å². The molecule has 0 spiro atoms. The van der Waals surface area contributed by atoms with Crippen LogP contribution in [0.25, 0.3) is 16.6 Å². The van der Waals surface area contributed by atoms with Crippen molar-refractivity contribution in [2.45, 2.75) is 20.3 Å². The van der Waals surface area contributed by atoms with Crippen molar-refractivity contribution >= 4 is 10.9 Å². The molecule has 0 amide bonds. The molecule has 3 rings (SSSR count). The average Bonchev–Trinajstić information content (AvgIpc) is 2.48. The maximum atomic E-state index is 12.9. The molecule has 0 aliphatic rings. The van der Waals surface area contributed by atoms with E-state index in [1.165, 1.54) is 0 Å². The van der Waals surface area contributed by atoms with Crippen LogP contribution in [0.2, 0.25) is 0 Å². The van der Waals surface area contributed by atoms with Gasteiger partial charge in [-0.25, -0.2) is 4.98 Å². The molecule has 1 radical (unpaired) electrons. The Morgan fingerprint density at radius 2 is 1.86 bits per heavy atom. The highest BCUT2D eigenvalue weighted by atomic mass is 16.1. The number of hydrogen-bond donors (Lipinski definition) is 0. The summed E-state index contributed by atoms with van der Waals surface area (Å²) in [5, 5.41) is 0.689. The number of fused-ring (bicyclic) bond motifs is 1. The predicted molar refractivity (Wildman–Crippen MR) is 85.8 cm³/mol. The molecule has 3 heteroatoms. The molecule has 1 heterocycles. The molecule has 0 aliphatic heterocycles. The zero-order valence-corrected chi connectivity index (χ0v) is 12.2. The van der Waals surface area contributed by atoms with Crippen LogP contribution in [-0.2, 0) is 0 Å². The maximum absolute atomic E-state index is 12.9. The van der Waals surface area contributed by atoms with E-state index in [9.17, 15) is 4.79 Å². The number of aromatic nitrogens is 2. The molecule has 105 valence electrons. The van der Waals surface area contributed by atoms with Crippen LogP contribution < -0.4 is 5.56 Å². The molecule has 2 aromatic carbocycles. The fraction of sp³-hybridized carbons (Fsp3) is 0.167. The summed E-state index contributed by atoms with van der Waals surface area (Å²) in [7, 11) is 0. The topological polar surface area (TPSA) is 34.9 Å². The minimum atomic E-state index is -0.0102. The second-order valence-electron chi connectivity index (χ2n) is 5.03. The van der Waals surface area contributed by atoms with Crippen LogP contribution in [0.3, 0.4) is 0 Å². The molecule has 3 nitrogen and oxygen atoms in total. The monoisotopic (exact) mass is 277 g/mol. The van der Waals surface area contributed by atoms with Gasteiger partial charge in [0.25, 0.3) is 5.56 Å². The van der Waals surface area contributed by atoms with Crippen molar-refractivity contribution in [1.29, 1.82) is 0 Å². The van der Waals surface area contributed by atoms with Crippen molar-refractivity contribution in [2.24, 2.45) is 0 Å². The van der Waals surface area contributed by atoms with Crippen LogP contribution in [0.15, 0.2) is 53.3 Å². The summed E-state index contributed by atoms with van der Waals surface area (Å²) in [5.74, 6) is 0.701. The van der Waals surface area contributed by atoms with Gasteiger partial charge >= 0.3 is 0 Å². The molecule has 0 atom stereocenters. The Balaban J connectivity index is 2.41. The number of aryl methyl sites for hydroxylation is 1. The number of rotatable bonds is 3. The molecule has 0 bridgehead atoms. The molecule has 0 unspecified atom stereocenters. The van der Waals surface area contributed by atoms with Crippen molar-refractivity contribution in [3.05, 3.63) is 76.7 Å². The number of nitrogens with zero attached hydrogens (tertiary/aromatic N) is 2. The highest BCUT2D eigenvalue weighted by molar-refractivity contribution is 5.81. The van der Waals surface area contributed by atoms with Gasteiger partial charge in [0.2, 0.25) is 0 Å². The Bertz CT molecular complexity index is 835.